The average molecular weight is 314 g/mol. The Morgan fingerprint density at radius 3 is 2.70 bits per heavy atom. The summed E-state index contributed by atoms with van der Waals surface area (Å²) in [6, 6.07) is 10.8. The zero-order valence-corrected chi connectivity index (χ0v) is 13.6. The summed E-state index contributed by atoms with van der Waals surface area (Å²) in [5.74, 6) is 1.10. The van der Waals surface area contributed by atoms with Crippen molar-refractivity contribution in [3.05, 3.63) is 35.9 Å². The van der Waals surface area contributed by atoms with Crippen LogP contribution in [0.4, 0.5) is 0 Å². The van der Waals surface area contributed by atoms with Gasteiger partial charge in [0, 0.05) is 36.7 Å². The second-order valence-electron chi connectivity index (χ2n) is 5.13. The van der Waals surface area contributed by atoms with Crippen LogP contribution in [0.2, 0.25) is 0 Å². The first-order valence-electron chi connectivity index (χ1n) is 6.82. The number of thioether (sulfide) groups is 1. The Morgan fingerprint density at radius 2 is 2.05 bits per heavy atom. The van der Waals surface area contributed by atoms with E-state index in [4.69, 9.17) is 0 Å². The summed E-state index contributed by atoms with van der Waals surface area (Å²) < 4.78 is 24.9. The fraction of sp³-hybridized carbons (Fsp3) is 0.571. The molecule has 2 atom stereocenters. The van der Waals surface area contributed by atoms with Gasteiger partial charge in [-0.25, -0.2) is 13.1 Å². The first kappa shape index (κ1) is 15.8. The number of benzene rings is 1. The highest BCUT2D eigenvalue weighted by molar-refractivity contribution is 8.00. The van der Waals surface area contributed by atoms with Gasteiger partial charge in [0.25, 0.3) is 0 Å². The van der Waals surface area contributed by atoms with Crippen molar-refractivity contribution in [3.8, 4) is 0 Å². The first-order chi connectivity index (χ1) is 9.47. The lowest BCUT2D eigenvalue weighted by Crippen LogP contribution is -2.43. The minimum absolute atomic E-state index is 0.358. The molecule has 1 aliphatic heterocycles. The van der Waals surface area contributed by atoms with E-state index in [9.17, 15) is 8.42 Å². The molecular formula is C14H22N2O2S2. The second kappa shape index (κ2) is 6.93. The van der Waals surface area contributed by atoms with E-state index in [0.717, 1.165) is 18.8 Å². The Hall–Kier alpha value is -0.560. The molecule has 1 aliphatic rings. The fourth-order valence-electron chi connectivity index (χ4n) is 2.64. The molecule has 1 N–H and O–H groups in total. The Labute approximate surface area is 126 Å². The van der Waals surface area contributed by atoms with Crippen molar-refractivity contribution in [2.45, 2.75) is 18.2 Å². The van der Waals surface area contributed by atoms with E-state index in [1.807, 2.05) is 17.8 Å². The standard InChI is InChI=1S/C14H22N2O2S2/c1-12-14(13-6-4-3-5-7-13)16(10-11-19-12)9-8-15-20(2,17)18/h3-7,12,14-15H,8-11H2,1-2H3/t12-,14-/m0/s1. The molecule has 112 valence electrons. The molecule has 20 heavy (non-hydrogen) atoms. The summed E-state index contributed by atoms with van der Waals surface area (Å²) in [6.45, 7) is 4.47. The Balaban J connectivity index is 2.05. The van der Waals surface area contributed by atoms with E-state index in [0.29, 0.717) is 17.8 Å². The van der Waals surface area contributed by atoms with Gasteiger partial charge >= 0.3 is 0 Å². The lowest BCUT2D eigenvalue weighted by atomic mass is 10.0. The zero-order chi connectivity index (χ0) is 14.6. The first-order valence-corrected chi connectivity index (χ1v) is 9.76. The van der Waals surface area contributed by atoms with E-state index < -0.39 is 10.0 Å². The van der Waals surface area contributed by atoms with Crippen LogP contribution in [0.1, 0.15) is 18.5 Å². The van der Waals surface area contributed by atoms with Gasteiger partial charge in [-0.3, -0.25) is 4.90 Å². The number of rotatable bonds is 5. The minimum atomic E-state index is -3.10. The monoisotopic (exact) mass is 314 g/mol. The van der Waals surface area contributed by atoms with E-state index in [-0.39, 0.29) is 0 Å². The van der Waals surface area contributed by atoms with Crippen LogP contribution in [0.25, 0.3) is 0 Å². The number of nitrogens with one attached hydrogen (secondary N) is 1. The van der Waals surface area contributed by atoms with Crippen molar-refractivity contribution in [2.75, 3.05) is 31.6 Å². The van der Waals surface area contributed by atoms with Gasteiger partial charge in [-0.2, -0.15) is 11.8 Å². The molecule has 1 saturated heterocycles. The number of hydrogen-bond acceptors (Lipinski definition) is 4. The Morgan fingerprint density at radius 1 is 1.35 bits per heavy atom. The average Bonchev–Trinajstić information content (AvgIpc) is 2.38. The number of sulfonamides is 1. The summed E-state index contributed by atoms with van der Waals surface area (Å²) in [7, 11) is -3.10. The van der Waals surface area contributed by atoms with Crippen molar-refractivity contribution >= 4 is 21.8 Å². The van der Waals surface area contributed by atoms with Gasteiger partial charge in [0.05, 0.1) is 6.26 Å². The summed E-state index contributed by atoms with van der Waals surface area (Å²) in [6.07, 6.45) is 1.20. The molecule has 0 aliphatic carbocycles. The predicted octanol–water partition coefficient (Wildman–Crippen LogP) is 1.71. The summed E-state index contributed by atoms with van der Waals surface area (Å²) in [5.41, 5.74) is 1.31. The van der Waals surface area contributed by atoms with E-state index in [1.54, 1.807) is 0 Å². The Kier molecular flexibility index (Phi) is 5.49. The normalized spacial score (nSPS) is 24.7. The van der Waals surface area contributed by atoms with Gasteiger partial charge in [0.15, 0.2) is 0 Å². The maximum absolute atomic E-state index is 11.2. The van der Waals surface area contributed by atoms with Crippen LogP contribution in [0.5, 0.6) is 0 Å². The van der Waals surface area contributed by atoms with Crippen molar-refractivity contribution < 1.29 is 8.42 Å². The molecule has 1 aromatic rings. The van der Waals surface area contributed by atoms with Crippen molar-refractivity contribution in [3.63, 3.8) is 0 Å². The molecule has 0 bridgehead atoms. The summed E-state index contributed by atoms with van der Waals surface area (Å²) in [4.78, 5) is 2.38. The van der Waals surface area contributed by atoms with E-state index in [1.165, 1.54) is 11.8 Å². The molecule has 1 fully saturated rings. The van der Waals surface area contributed by atoms with Gasteiger partial charge in [-0.1, -0.05) is 37.3 Å². The van der Waals surface area contributed by atoms with Crippen LogP contribution in [0, 0.1) is 0 Å². The summed E-state index contributed by atoms with van der Waals surface area (Å²) in [5, 5.41) is 0.518. The molecule has 2 rings (SSSR count). The highest BCUT2D eigenvalue weighted by atomic mass is 32.2. The third-order valence-corrected chi connectivity index (χ3v) is 5.43. The third-order valence-electron chi connectivity index (χ3n) is 3.50. The highest BCUT2D eigenvalue weighted by Gasteiger charge is 2.29. The molecule has 0 saturated carbocycles. The second-order valence-corrected chi connectivity index (χ2v) is 8.45. The molecule has 6 heteroatoms. The smallest absolute Gasteiger partial charge is 0.208 e. The lowest BCUT2D eigenvalue weighted by Gasteiger charge is -2.40. The van der Waals surface area contributed by atoms with Gasteiger partial charge < -0.3 is 0 Å². The van der Waals surface area contributed by atoms with Crippen molar-refractivity contribution in [1.82, 2.24) is 9.62 Å². The minimum Gasteiger partial charge on any atom is -0.293 e. The van der Waals surface area contributed by atoms with Gasteiger partial charge in [-0.15, -0.1) is 0 Å². The maximum Gasteiger partial charge on any atom is 0.208 e. The van der Waals surface area contributed by atoms with E-state index in [2.05, 4.69) is 40.8 Å². The maximum atomic E-state index is 11.2. The van der Waals surface area contributed by atoms with Crippen LogP contribution in [-0.2, 0) is 10.0 Å². The van der Waals surface area contributed by atoms with Gasteiger partial charge in [0.2, 0.25) is 10.0 Å². The molecule has 4 nitrogen and oxygen atoms in total. The highest BCUT2D eigenvalue weighted by Crippen LogP contribution is 2.35. The fourth-order valence-corrected chi connectivity index (χ4v) is 4.33. The topological polar surface area (TPSA) is 49.4 Å². The van der Waals surface area contributed by atoms with Crippen molar-refractivity contribution in [2.24, 2.45) is 0 Å². The number of nitrogens with zero attached hydrogens (tertiary/aromatic N) is 1. The van der Waals surface area contributed by atoms with Gasteiger partial charge in [-0.05, 0) is 5.56 Å². The molecule has 0 aromatic heterocycles. The SMILES string of the molecule is C[C@@H]1SCCN(CCNS(C)(=O)=O)[C@@H]1c1ccccc1. The molecule has 1 aromatic carbocycles. The molecule has 0 spiro atoms. The molecule has 0 unspecified atom stereocenters. The molecule has 0 radical (unpaired) electrons. The molecule has 0 amide bonds. The van der Waals surface area contributed by atoms with Crippen LogP contribution < -0.4 is 4.72 Å². The predicted molar refractivity (Wildman–Crippen MR) is 85.5 cm³/mol. The number of hydrogen-bond donors (Lipinski definition) is 1. The van der Waals surface area contributed by atoms with Crippen LogP contribution >= 0.6 is 11.8 Å². The van der Waals surface area contributed by atoms with Gasteiger partial charge in [0.1, 0.15) is 0 Å². The van der Waals surface area contributed by atoms with Crippen LogP contribution in [0.15, 0.2) is 30.3 Å². The molecular weight excluding hydrogens is 292 g/mol. The van der Waals surface area contributed by atoms with Crippen LogP contribution in [0.3, 0.4) is 0 Å². The largest absolute Gasteiger partial charge is 0.293 e. The lowest BCUT2D eigenvalue weighted by molar-refractivity contribution is 0.204. The molecule has 1 heterocycles. The van der Waals surface area contributed by atoms with Crippen LogP contribution in [-0.4, -0.2) is 50.2 Å². The quantitative estimate of drug-likeness (QED) is 0.899. The van der Waals surface area contributed by atoms with Crippen molar-refractivity contribution in [1.29, 1.82) is 0 Å². The van der Waals surface area contributed by atoms with E-state index >= 15 is 0 Å². The Bertz CT molecular complexity index is 519. The third kappa shape index (κ3) is 4.48. The zero-order valence-electron chi connectivity index (χ0n) is 12.0. The summed E-state index contributed by atoms with van der Waals surface area (Å²) >= 11 is 1.98.